The Labute approximate surface area is 91.0 Å². The highest BCUT2D eigenvalue weighted by Gasteiger charge is 2.37. The van der Waals surface area contributed by atoms with Crippen LogP contribution in [0.25, 0.3) is 0 Å². The molecule has 1 unspecified atom stereocenters. The van der Waals surface area contributed by atoms with E-state index >= 15 is 0 Å². The third-order valence-electron chi connectivity index (χ3n) is 2.35. The van der Waals surface area contributed by atoms with Gasteiger partial charge in [0.1, 0.15) is 11.2 Å². The van der Waals surface area contributed by atoms with Gasteiger partial charge in [-0.2, -0.15) is 0 Å². The van der Waals surface area contributed by atoms with Crippen molar-refractivity contribution in [3.8, 4) is 0 Å². The molecule has 1 fully saturated rings. The Morgan fingerprint density at radius 2 is 2.29 bits per heavy atom. The number of aromatic nitrogens is 2. The third kappa shape index (κ3) is 1.60. The first-order chi connectivity index (χ1) is 6.61. The Morgan fingerprint density at radius 1 is 1.64 bits per heavy atom. The molecule has 0 aliphatic heterocycles. The number of rotatable bonds is 3. The molecule has 1 aromatic rings. The number of nitrogens with zero attached hydrogens (tertiary/aromatic N) is 2. The van der Waals surface area contributed by atoms with Crippen molar-refractivity contribution in [1.29, 1.82) is 0 Å². The van der Waals surface area contributed by atoms with E-state index in [-0.39, 0.29) is 22.1 Å². The summed E-state index contributed by atoms with van der Waals surface area (Å²) in [6.07, 6.45) is 3.46. The molecule has 1 saturated carbocycles. The average molecular weight is 234 g/mol. The molecule has 2 rings (SSSR count). The summed E-state index contributed by atoms with van der Waals surface area (Å²) in [4.78, 5) is 15.0. The molecule has 1 aliphatic carbocycles. The number of carbonyl (C=O) groups is 1. The lowest BCUT2D eigenvalue weighted by molar-refractivity contribution is -0.121. The summed E-state index contributed by atoms with van der Waals surface area (Å²) in [5.74, 6) is -0.0984. The number of hydrogen-bond donors (Lipinski definition) is 1. The Balaban J connectivity index is 2.34. The van der Waals surface area contributed by atoms with Crippen LogP contribution in [0.2, 0.25) is 10.3 Å². The third-order valence-corrected chi connectivity index (χ3v) is 3.10. The largest absolute Gasteiger partial charge is 0.368 e. The van der Waals surface area contributed by atoms with Gasteiger partial charge in [0.05, 0.1) is 6.33 Å². The van der Waals surface area contributed by atoms with E-state index in [0.29, 0.717) is 0 Å². The highest BCUT2D eigenvalue weighted by Crippen LogP contribution is 2.41. The standard InChI is InChI=1S/C8H9Cl2N3O/c9-6-7(10)13(3-12-6)5(8(11)14)4-1-2-4/h3-5H,1-2H2,(H2,11,14). The van der Waals surface area contributed by atoms with Gasteiger partial charge in [-0.25, -0.2) is 4.98 Å². The summed E-state index contributed by atoms with van der Waals surface area (Å²) in [5, 5.41) is 0.487. The second-order valence-corrected chi connectivity index (χ2v) is 4.13. The van der Waals surface area contributed by atoms with Crippen LogP contribution in [0.15, 0.2) is 6.33 Å². The number of halogens is 2. The molecule has 6 heteroatoms. The molecule has 2 N–H and O–H groups in total. The van der Waals surface area contributed by atoms with Crippen LogP contribution in [0.4, 0.5) is 0 Å². The van der Waals surface area contributed by atoms with Gasteiger partial charge in [0.2, 0.25) is 5.91 Å². The van der Waals surface area contributed by atoms with Gasteiger partial charge in [0.25, 0.3) is 0 Å². The van der Waals surface area contributed by atoms with Crippen LogP contribution in [0.1, 0.15) is 18.9 Å². The highest BCUT2D eigenvalue weighted by molar-refractivity contribution is 6.40. The normalized spacial score (nSPS) is 18.1. The minimum Gasteiger partial charge on any atom is -0.368 e. The second kappa shape index (κ2) is 3.44. The zero-order chi connectivity index (χ0) is 10.3. The topological polar surface area (TPSA) is 60.9 Å². The lowest BCUT2D eigenvalue weighted by atomic mass is 10.2. The zero-order valence-corrected chi connectivity index (χ0v) is 8.79. The number of primary amides is 1. The van der Waals surface area contributed by atoms with Crippen LogP contribution < -0.4 is 5.73 Å². The Hall–Kier alpha value is -0.740. The molecule has 14 heavy (non-hydrogen) atoms. The Morgan fingerprint density at radius 3 is 2.64 bits per heavy atom. The van der Waals surface area contributed by atoms with Crippen molar-refractivity contribution in [1.82, 2.24) is 9.55 Å². The fourth-order valence-corrected chi connectivity index (χ4v) is 1.86. The Kier molecular flexibility index (Phi) is 2.41. The van der Waals surface area contributed by atoms with E-state index in [4.69, 9.17) is 28.9 Å². The molecule has 0 saturated heterocycles. The maximum absolute atomic E-state index is 11.2. The van der Waals surface area contributed by atoms with E-state index in [2.05, 4.69) is 4.98 Å². The van der Waals surface area contributed by atoms with Gasteiger partial charge < -0.3 is 10.3 Å². The summed E-state index contributed by atoms with van der Waals surface area (Å²) >= 11 is 11.6. The predicted molar refractivity (Wildman–Crippen MR) is 53.2 cm³/mol. The number of hydrogen-bond acceptors (Lipinski definition) is 2. The number of amides is 1. The van der Waals surface area contributed by atoms with Crippen LogP contribution in [-0.4, -0.2) is 15.5 Å². The average Bonchev–Trinajstić information content (AvgIpc) is 2.88. The van der Waals surface area contributed by atoms with Crippen molar-refractivity contribution < 1.29 is 4.79 Å². The van der Waals surface area contributed by atoms with Gasteiger partial charge in [0.15, 0.2) is 5.15 Å². The SMILES string of the molecule is NC(=O)C(C1CC1)n1cnc(Cl)c1Cl. The van der Waals surface area contributed by atoms with Crippen LogP contribution in [0, 0.1) is 5.92 Å². The maximum Gasteiger partial charge on any atom is 0.240 e. The van der Waals surface area contributed by atoms with Crippen LogP contribution in [0.5, 0.6) is 0 Å². The van der Waals surface area contributed by atoms with Crippen LogP contribution in [-0.2, 0) is 4.79 Å². The maximum atomic E-state index is 11.2. The zero-order valence-electron chi connectivity index (χ0n) is 7.28. The summed E-state index contributed by atoms with van der Waals surface area (Å²) in [6, 6.07) is -0.400. The first-order valence-electron chi connectivity index (χ1n) is 4.28. The first kappa shape index (κ1) is 9.80. The van der Waals surface area contributed by atoms with Crippen molar-refractivity contribution in [2.75, 3.05) is 0 Å². The summed E-state index contributed by atoms with van der Waals surface area (Å²) in [5.41, 5.74) is 5.30. The molecule has 0 spiro atoms. The molecule has 1 heterocycles. The smallest absolute Gasteiger partial charge is 0.240 e. The van der Waals surface area contributed by atoms with Gasteiger partial charge in [-0.3, -0.25) is 4.79 Å². The van der Waals surface area contributed by atoms with Crippen molar-refractivity contribution in [2.45, 2.75) is 18.9 Å². The fourth-order valence-electron chi connectivity index (χ4n) is 1.53. The number of carbonyl (C=O) groups excluding carboxylic acids is 1. The lowest BCUT2D eigenvalue weighted by Gasteiger charge is -2.14. The molecule has 1 amide bonds. The molecule has 4 nitrogen and oxygen atoms in total. The van der Waals surface area contributed by atoms with E-state index in [1.807, 2.05) is 0 Å². The monoisotopic (exact) mass is 233 g/mol. The van der Waals surface area contributed by atoms with Crippen LogP contribution >= 0.6 is 23.2 Å². The van der Waals surface area contributed by atoms with Crippen molar-refractivity contribution in [3.05, 3.63) is 16.6 Å². The molecular formula is C8H9Cl2N3O. The van der Waals surface area contributed by atoms with E-state index in [9.17, 15) is 4.79 Å². The minimum atomic E-state index is -0.400. The minimum absolute atomic E-state index is 0.207. The molecule has 0 aromatic carbocycles. The first-order valence-corrected chi connectivity index (χ1v) is 5.04. The molecule has 1 atom stereocenters. The van der Waals surface area contributed by atoms with Gasteiger partial charge in [-0.05, 0) is 18.8 Å². The predicted octanol–water partition coefficient (Wildman–Crippen LogP) is 1.63. The molecule has 76 valence electrons. The van der Waals surface area contributed by atoms with Crippen molar-refractivity contribution in [2.24, 2.45) is 11.7 Å². The van der Waals surface area contributed by atoms with Gasteiger partial charge in [0, 0.05) is 0 Å². The molecular weight excluding hydrogens is 225 g/mol. The summed E-state index contributed by atoms with van der Waals surface area (Å²) < 4.78 is 1.55. The van der Waals surface area contributed by atoms with Crippen molar-refractivity contribution in [3.63, 3.8) is 0 Å². The van der Waals surface area contributed by atoms with E-state index < -0.39 is 6.04 Å². The molecule has 1 aromatic heterocycles. The number of imidazole rings is 1. The lowest BCUT2D eigenvalue weighted by Crippen LogP contribution is -2.27. The van der Waals surface area contributed by atoms with Gasteiger partial charge in [-0.1, -0.05) is 23.2 Å². The summed E-state index contributed by atoms with van der Waals surface area (Å²) in [7, 11) is 0. The van der Waals surface area contributed by atoms with E-state index in [1.165, 1.54) is 6.33 Å². The van der Waals surface area contributed by atoms with Crippen LogP contribution in [0.3, 0.4) is 0 Å². The van der Waals surface area contributed by atoms with E-state index in [0.717, 1.165) is 12.8 Å². The number of nitrogens with two attached hydrogens (primary N) is 1. The van der Waals surface area contributed by atoms with Gasteiger partial charge >= 0.3 is 0 Å². The molecule has 1 aliphatic rings. The molecule has 0 bridgehead atoms. The van der Waals surface area contributed by atoms with Crippen molar-refractivity contribution >= 4 is 29.1 Å². The van der Waals surface area contributed by atoms with Gasteiger partial charge in [-0.15, -0.1) is 0 Å². The Bertz CT molecular complexity index is 373. The molecule has 0 radical (unpaired) electrons. The fraction of sp³-hybridized carbons (Fsp3) is 0.500. The summed E-state index contributed by atoms with van der Waals surface area (Å²) in [6.45, 7) is 0. The second-order valence-electron chi connectivity index (χ2n) is 3.42. The quantitative estimate of drug-likeness (QED) is 0.863. The van der Waals surface area contributed by atoms with E-state index in [1.54, 1.807) is 4.57 Å². The highest BCUT2D eigenvalue weighted by atomic mass is 35.5.